The van der Waals surface area contributed by atoms with Gasteiger partial charge in [0.25, 0.3) is 23.6 Å². The third-order valence-electron chi connectivity index (χ3n) is 5.20. The Bertz CT molecular complexity index is 908. The Balaban J connectivity index is 0. The fraction of sp³-hybridized carbons (Fsp3) is 0.429. The van der Waals surface area contributed by atoms with Crippen LogP contribution in [-0.4, -0.2) is 86.0 Å². The van der Waals surface area contributed by atoms with Crippen LogP contribution in [0.5, 0.6) is 0 Å². The van der Waals surface area contributed by atoms with E-state index in [2.05, 4.69) is 0 Å². The van der Waals surface area contributed by atoms with Crippen LogP contribution in [0.1, 0.15) is 71.1 Å². The molecular formula is C28H44N4O6. The fourth-order valence-electron chi connectivity index (χ4n) is 3.57. The van der Waals surface area contributed by atoms with Gasteiger partial charge in [-0.15, -0.1) is 0 Å². The van der Waals surface area contributed by atoms with E-state index in [9.17, 15) is 19.2 Å². The third-order valence-corrected chi connectivity index (χ3v) is 5.20. The Morgan fingerprint density at radius 2 is 0.763 bits per heavy atom. The minimum Gasteiger partial charge on any atom is -0.379 e. The molecule has 2 aromatic carbocycles. The van der Waals surface area contributed by atoms with Crippen LogP contribution in [0.3, 0.4) is 0 Å². The Kier molecular flexibility index (Phi) is 17.3. The lowest BCUT2D eigenvalue weighted by Crippen LogP contribution is -2.35. The molecule has 0 fully saturated rings. The Labute approximate surface area is 226 Å². The van der Waals surface area contributed by atoms with Gasteiger partial charge in [0.15, 0.2) is 0 Å². The lowest BCUT2D eigenvalue weighted by atomic mass is 10.1. The van der Waals surface area contributed by atoms with Crippen molar-refractivity contribution < 1.29 is 28.7 Å². The summed E-state index contributed by atoms with van der Waals surface area (Å²) < 4.78 is 10.3. The SMILES string of the molecule is C.C.C.C.NCCOCCN.O=C1c2ccccc2C(=O)N1CCOCCN1C(=O)c2ccccc2C1=O. The Morgan fingerprint density at radius 1 is 0.500 bits per heavy atom. The van der Waals surface area contributed by atoms with Crippen molar-refractivity contribution in [3.8, 4) is 0 Å². The summed E-state index contributed by atoms with van der Waals surface area (Å²) in [5, 5.41) is 0. The van der Waals surface area contributed by atoms with E-state index in [4.69, 9.17) is 20.9 Å². The van der Waals surface area contributed by atoms with E-state index in [1.165, 1.54) is 0 Å². The largest absolute Gasteiger partial charge is 0.379 e. The minimum absolute atomic E-state index is 0. The highest BCUT2D eigenvalue weighted by atomic mass is 16.5. The second kappa shape index (κ2) is 17.9. The summed E-state index contributed by atoms with van der Waals surface area (Å²) in [7, 11) is 0. The first-order valence-corrected chi connectivity index (χ1v) is 11.0. The van der Waals surface area contributed by atoms with Crippen LogP contribution in [0.25, 0.3) is 0 Å². The highest BCUT2D eigenvalue weighted by Gasteiger charge is 2.36. The van der Waals surface area contributed by atoms with Crippen molar-refractivity contribution in [3.63, 3.8) is 0 Å². The zero-order valence-electron chi connectivity index (χ0n) is 18.8. The normalized spacial score (nSPS) is 12.8. The van der Waals surface area contributed by atoms with Gasteiger partial charge in [0.1, 0.15) is 0 Å². The monoisotopic (exact) mass is 532 g/mol. The van der Waals surface area contributed by atoms with Crippen LogP contribution < -0.4 is 11.5 Å². The summed E-state index contributed by atoms with van der Waals surface area (Å²) in [6.45, 7) is 2.92. The first-order valence-electron chi connectivity index (χ1n) is 11.0. The standard InChI is InChI=1S/C20H16N2O5.C4H12N2O.4CH4/c23-17-13-5-1-2-6-14(13)18(24)21(17)9-11-27-12-10-22-19(25)15-7-3-4-8-16(15)20(22)26;5-1-3-7-4-2-6;;;;/h1-8H,9-12H2;1-6H2;4*1H4. The van der Waals surface area contributed by atoms with Crippen LogP contribution >= 0.6 is 0 Å². The van der Waals surface area contributed by atoms with Crippen molar-refractivity contribution >= 4 is 23.6 Å². The number of nitrogens with two attached hydrogens (primary N) is 2. The van der Waals surface area contributed by atoms with Crippen molar-refractivity contribution in [2.45, 2.75) is 29.7 Å². The van der Waals surface area contributed by atoms with Gasteiger partial charge in [-0.2, -0.15) is 0 Å². The highest BCUT2D eigenvalue weighted by Crippen LogP contribution is 2.23. The molecule has 4 rings (SSSR count). The summed E-state index contributed by atoms with van der Waals surface area (Å²) in [6.07, 6.45) is 0. The number of carbonyl (C=O) groups excluding carboxylic acids is 4. The molecule has 2 aliphatic heterocycles. The molecule has 0 aromatic heterocycles. The maximum Gasteiger partial charge on any atom is 0.261 e. The van der Waals surface area contributed by atoms with Gasteiger partial charge in [-0.3, -0.25) is 29.0 Å². The van der Waals surface area contributed by atoms with Gasteiger partial charge in [0.2, 0.25) is 0 Å². The van der Waals surface area contributed by atoms with Gasteiger partial charge < -0.3 is 20.9 Å². The van der Waals surface area contributed by atoms with Crippen molar-refractivity contribution in [2.24, 2.45) is 11.5 Å². The minimum atomic E-state index is -0.334. The molecule has 10 nitrogen and oxygen atoms in total. The van der Waals surface area contributed by atoms with E-state index in [0.29, 0.717) is 48.6 Å². The number of rotatable bonds is 10. The zero-order valence-corrected chi connectivity index (χ0v) is 18.8. The summed E-state index contributed by atoms with van der Waals surface area (Å²) in [5.74, 6) is -1.34. The topological polar surface area (TPSA) is 145 Å². The third kappa shape index (κ3) is 8.29. The van der Waals surface area contributed by atoms with E-state index in [1.807, 2.05) is 0 Å². The van der Waals surface area contributed by atoms with E-state index < -0.39 is 0 Å². The molecule has 0 atom stereocenters. The second-order valence-electron chi connectivity index (χ2n) is 7.42. The smallest absolute Gasteiger partial charge is 0.261 e. The lowest BCUT2D eigenvalue weighted by Gasteiger charge is -2.16. The van der Waals surface area contributed by atoms with Crippen LogP contribution in [0.15, 0.2) is 48.5 Å². The number of nitrogens with zero attached hydrogens (tertiary/aromatic N) is 2. The first kappa shape index (κ1) is 36.7. The number of imide groups is 2. The van der Waals surface area contributed by atoms with Gasteiger partial charge in [0, 0.05) is 13.1 Å². The van der Waals surface area contributed by atoms with Crippen LogP contribution in [0.2, 0.25) is 0 Å². The molecule has 212 valence electrons. The van der Waals surface area contributed by atoms with Gasteiger partial charge in [0.05, 0.1) is 61.8 Å². The van der Waals surface area contributed by atoms with E-state index >= 15 is 0 Å². The van der Waals surface area contributed by atoms with Crippen LogP contribution in [-0.2, 0) is 9.47 Å². The second-order valence-corrected chi connectivity index (χ2v) is 7.42. The average Bonchev–Trinajstić information content (AvgIpc) is 3.25. The van der Waals surface area contributed by atoms with Crippen LogP contribution in [0.4, 0.5) is 0 Å². The summed E-state index contributed by atoms with van der Waals surface area (Å²) in [4.78, 5) is 51.3. The van der Waals surface area contributed by atoms with Gasteiger partial charge in [-0.1, -0.05) is 54.0 Å². The number of hydrogen-bond donors (Lipinski definition) is 2. The predicted octanol–water partition coefficient (Wildman–Crippen LogP) is 3.06. The summed E-state index contributed by atoms with van der Waals surface area (Å²) >= 11 is 0. The molecule has 0 spiro atoms. The Morgan fingerprint density at radius 3 is 1.03 bits per heavy atom. The molecule has 4 N–H and O–H groups in total. The fourth-order valence-corrected chi connectivity index (χ4v) is 3.57. The molecule has 0 bridgehead atoms. The molecule has 0 unspecified atom stereocenters. The quantitative estimate of drug-likeness (QED) is 0.351. The number of amides is 4. The van der Waals surface area contributed by atoms with Gasteiger partial charge in [-0.25, -0.2) is 0 Å². The lowest BCUT2D eigenvalue weighted by molar-refractivity contribution is 0.0495. The molecule has 0 radical (unpaired) electrons. The molecular weight excluding hydrogens is 488 g/mol. The molecule has 38 heavy (non-hydrogen) atoms. The number of carbonyl (C=O) groups is 4. The maximum atomic E-state index is 12.2. The molecule has 10 heteroatoms. The molecule has 2 aromatic rings. The number of fused-ring (bicyclic) bond motifs is 2. The van der Waals surface area contributed by atoms with E-state index in [0.717, 1.165) is 9.80 Å². The molecule has 2 aliphatic rings. The summed E-state index contributed by atoms with van der Waals surface area (Å²) in [6, 6.07) is 13.4. The molecule has 0 saturated heterocycles. The zero-order chi connectivity index (χ0) is 24.5. The molecule has 4 amide bonds. The Hall–Kier alpha value is -3.44. The van der Waals surface area contributed by atoms with Crippen molar-refractivity contribution in [3.05, 3.63) is 70.8 Å². The number of benzene rings is 2. The van der Waals surface area contributed by atoms with Crippen molar-refractivity contribution in [1.29, 1.82) is 0 Å². The van der Waals surface area contributed by atoms with Gasteiger partial charge in [-0.05, 0) is 24.3 Å². The van der Waals surface area contributed by atoms with Crippen molar-refractivity contribution in [1.82, 2.24) is 9.80 Å². The molecule has 0 aliphatic carbocycles. The first-order chi connectivity index (χ1) is 16.5. The highest BCUT2D eigenvalue weighted by molar-refractivity contribution is 6.22. The molecule has 0 saturated carbocycles. The molecule has 2 heterocycles. The average molecular weight is 533 g/mol. The summed E-state index contributed by atoms with van der Waals surface area (Å²) in [5.41, 5.74) is 11.8. The number of hydrogen-bond acceptors (Lipinski definition) is 8. The van der Waals surface area contributed by atoms with E-state index in [-0.39, 0.29) is 79.6 Å². The number of ether oxygens (including phenoxy) is 2. The van der Waals surface area contributed by atoms with E-state index in [1.54, 1.807) is 48.5 Å². The van der Waals surface area contributed by atoms with Crippen molar-refractivity contribution in [2.75, 3.05) is 52.6 Å². The van der Waals surface area contributed by atoms with Gasteiger partial charge >= 0.3 is 0 Å². The predicted molar refractivity (Wildman–Crippen MR) is 150 cm³/mol. The van der Waals surface area contributed by atoms with Crippen LogP contribution in [0, 0.1) is 0 Å². The maximum absolute atomic E-state index is 12.2.